The van der Waals surface area contributed by atoms with Crippen LogP contribution in [0.1, 0.15) is 4.88 Å². The molecule has 0 bridgehead atoms. The topological polar surface area (TPSA) is 67.9 Å². The van der Waals surface area contributed by atoms with E-state index in [1.807, 2.05) is 5.38 Å². The Morgan fingerprint density at radius 1 is 0.933 bits per heavy atom. The highest BCUT2D eigenvalue weighted by Crippen LogP contribution is 2.37. The van der Waals surface area contributed by atoms with Crippen LogP contribution >= 0.6 is 11.3 Å². The lowest BCUT2D eigenvalue weighted by molar-refractivity contribution is -0.120. The maximum absolute atomic E-state index is 13.7. The van der Waals surface area contributed by atoms with Crippen molar-refractivity contribution in [2.45, 2.75) is 0 Å². The molecule has 2 aliphatic heterocycles. The smallest absolute Gasteiger partial charge is 0.282 e. The highest BCUT2D eigenvalue weighted by molar-refractivity contribution is 7.11. The number of hydrogen-bond acceptors (Lipinski definition) is 6. The van der Waals surface area contributed by atoms with Gasteiger partial charge in [0.25, 0.3) is 11.8 Å². The normalized spacial score (nSPS) is 15.7. The zero-order chi connectivity index (χ0) is 20.7. The standard InChI is InChI=1S/C22H15FN2O4S/c23-13-3-1-4-15(11-13)25-21(26)19(18-5-2-10-30-18)20(22(25)27)24-14-6-7-16-17(12-14)29-9-8-28-16/h1-7,10-12,24H,8-9H2. The van der Waals surface area contributed by atoms with E-state index in [1.165, 1.54) is 29.5 Å². The van der Waals surface area contributed by atoms with Gasteiger partial charge in [0.15, 0.2) is 11.5 Å². The second-order valence-corrected chi connectivity index (χ2v) is 7.58. The number of anilines is 2. The molecule has 30 heavy (non-hydrogen) atoms. The van der Waals surface area contributed by atoms with Crippen LogP contribution in [0.15, 0.2) is 65.7 Å². The molecule has 2 amide bonds. The third-order valence-corrected chi connectivity index (χ3v) is 5.62. The third-order valence-electron chi connectivity index (χ3n) is 4.73. The lowest BCUT2D eigenvalue weighted by Gasteiger charge is -2.19. The summed E-state index contributed by atoms with van der Waals surface area (Å²) in [5, 5.41) is 4.89. The molecule has 0 saturated heterocycles. The van der Waals surface area contributed by atoms with Crippen molar-refractivity contribution in [2.24, 2.45) is 0 Å². The van der Waals surface area contributed by atoms with Gasteiger partial charge in [0.05, 0.1) is 11.3 Å². The minimum atomic E-state index is -0.552. The highest BCUT2D eigenvalue weighted by Gasteiger charge is 2.40. The number of thiophene rings is 1. The van der Waals surface area contributed by atoms with Crippen LogP contribution in [0.25, 0.3) is 5.57 Å². The molecule has 3 aromatic rings. The van der Waals surface area contributed by atoms with Crippen LogP contribution in [0.4, 0.5) is 15.8 Å². The number of nitrogens with zero attached hydrogens (tertiary/aromatic N) is 1. The van der Waals surface area contributed by atoms with Gasteiger partial charge >= 0.3 is 0 Å². The van der Waals surface area contributed by atoms with Gasteiger partial charge in [-0.3, -0.25) is 9.59 Å². The van der Waals surface area contributed by atoms with Crippen molar-refractivity contribution >= 4 is 40.1 Å². The Hall–Kier alpha value is -3.65. The Balaban J connectivity index is 1.56. The fourth-order valence-corrected chi connectivity index (χ4v) is 4.18. The predicted octanol–water partition coefficient (Wildman–Crippen LogP) is 4.06. The Bertz CT molecular complexity index is 1190. The number of hydrogen-bond donors (Lipinski definition) is 1. The number of carbonyl (C=O) groups excluding carboxylic acids is 2. The molecule has 0 saturated carbocycles. The van der Waals surface area contributed by atoms with Gasteiger partial charge in [0.2, 0.25) is 0 Å². The average Bonchev–Trinajstić information content (AvgIpc) is 3.35. The first kappa shape index (κ1) is 18.4. The second kappa shape index (κ2) is 7.31. The minimum absolute atomic E-state index is 0.128. The van der Waals surface area contributed by atoms with Gasteiger partial charge in [-0.15, -0.1) is 11.3 Å². The number of fused-ring (bicyclic) bond motifs is 1. The average molecular weight is 422 g/mol. The number of imide groups is 1. The third kappa shape index (κ3) is 3.11. The number of halogens is 1. The fraction of sp³-hybridized carbons (Fsp3) is 0.0909. The van der Waals surface area contributed by atoms with Crippen LogP contribution < -0.4 is 19.7 Å². The monoisotopic (exact) mass is 422 g/mol. The van der Waals surface area contributed by atoms with Crippen LogP contribution in [0.2, 0.25) is 0 Å². The number of benzene rings is 2. The summed E-state index contributed by atoms with van der Waals surface area (Å²) >= 11 is 1.35. The van der Waals surface area contributed by atoms with E-state index in [0.717, 1.165) is 11.0 Å². The molecule has 1 aromatic heterocycles. The molecule has 0 radical (unpaired) electrons. The first-order valence-electron chi connectivity index (χ1n) is 9.21. The fourth-order valence-electron chi connectivity index (χ4n) is 3.41. The first-order chi connectivity index (χ1) is 14.6. The second-order valence-electron chi connectivity index (χ2n) is 6.64. The zero-order valence-corrected chi connectivity index (χ0v) is 16.4. The van der Waals surface area contributed by atoms with E-state index in [-0.39, 0.29) is 17.0 Å². The lowest BCUT2D eigenvalue weighted by atomic mass is 10.1. The molecule has 1 N–H and O–H groups in total. The molecular weight excluding hydrogens is 407 g/mol. The van der Waals surface area contributed by atoms with Gasteiger partial charge in [0.1, 0.15) is 24.7 Å². The number of nitrogens with one attached hydrogen (secondary N) is 1. The maximum atomic E-state index is 13.7. The number of rotatable bonds is 4. The van der Waals surface area contributed by atoms with Crippen molar-refractivity contribution in [3.8, 4) is 11.5 Å². The molecule has 2 aromatic carbocycles. The van der Waals surface area contributed by atoms with E-state index < -0.39 is 17.6 Å². The van der Waals surface area contributed by atoms with Gasteiger partial charge in [-0.25, -0.2) is 9.29 Å². The van der Waals surface area contributed by atoms with E-state index in [2.05, 4.69) is 5.32 Å². The lowest BCUT2D eigenvalue weighted by Crippen LogP contribution is -2.32. The van der Waals surface area contributed by atoms with E-state index >= 15 is 0 Å². The molecule has 2 aliphatic rings. The van der Waals surface area contributed by atoms with Gasteiger partial charge in [-0.05, 0) is 41.8 Å². The number of carbonyl (C=O) groups is 2. The molecule has 0 aliphatic carbocycles. The molecule has 150 valence electrons. The molecular formula is C22H15FN2O4S. The van der Waals surface area contributed by atoms with Crippen LogP contribution in [-0.4, -0.2) is 25.0 Å². The summed E-state index contributed by atoms with van der Waals surface area (Å²) in [5.41, 5.74) is 1.13. The summed E-state index contributed by atoms with van der Waals surface area (Å²) in [6.45, 7) is 0.910. The van der Waals surface area contributed by atoms with E-state index in [9.17, 15) is 14.0 Å². The SMILES string of the molecule is O=C1C(Nc2ccc3c(c2)OCCO3)=C(c2cccs2)C(=O)N1c1cccc(F)c1. The molecule has 8 heteroatoms. The van der Waals surface area contributed by atoms with Gasteiger partial charge in [0, 0.05) is 16.6 Å². The Morgan fingerprint density at radius 3 is 2.53 bits per heavy atom. The summed E-state index contributed by atoms with van der Waals surface area (Å²) in [5.74, 6) is -0.409. The van der Waals surface area contributed by atoms with E-state index in [4.69, 9.17) is 9.47 Å². The predicted molar refractivity (Wildman–Crippen MR) is 111 cm³/mol. The Morgan fingerprint density at radius 2 is 1.77 bits per heavy atom. The molecule has 0 spiro atoms. The molecule has 5 rings (SSSR count). The Labute approximate surface area is 175 Å². The van der Waals surface area contributed by atoms with Crippen molar-refractivity contribution < 1.29 is 23.5 Å². The van der Waals surface area contributed by atoms with Crippen molar-refractivity contribution in [2.75, 3.05) is 23.4 Å². The van der Waals surface area contributed by atoms with E-state index in [1.54, 1.807) is 30.3 Å². The summed E-state index contributed by atoms with van der Waals surface area (Å²) < 4.78 is 24.9. The van der Waals surface area contributed by atoms with Crippen LogP contribution in [0, 0.1) is 5.82 Å². The highest BCUT2D eigenvalue weighted by atomic mass is 32.1. The summed E-state index contributed by atoms with van der Waals surface area (Å²) in [7, 11) is 0. The van der Waals surface area contributed by atoms with Crippen LogP contribution in [0.5, 0.6) is 11.5 Å². The molecule has 0 unspecified atom stereocenters. The minimum Gasteiger partial charge on any atom is -0.486 e. The van der Waals surface area contributed by atoms with Crippen molar-refractivity contribution in [1.82, 2.24) is 0 Å². The first-order valence-corrected chi connectivity index (χ1v) is 10.1. The maximum Gasteiger partial charge on any atom is 0.282 e. The van der Waals surface area contributed by atoms with E-state index in [0.29, 0.717) is 35.3 Å². The molecule has 6 nitrogen and oxygen atoms in total. The van der Waals surface area contributed by atoms with Gasteiger partial charge in [-0.1, -0.05) is 12.1 Å². The molecule has 3 heterocycles. The largest absolute Gasteiger partial charge is 0.486 e. The molecule has 0 atom stereocenters. The van der Waals surface area contributed by atoms with Crippen molar-refractivity contribution in [1.29, 1.82) is 0 Å². The number of ether oxygens (including phenoxy) is 2. The summed E-state index contributed by atoms with van der Waals surface area (Å²) in [6.07, 6.45) is 0. The quantitative estimate of drug-likeness (QED) is 0.643. The molecule has 0 fully saturated rings. The van der Waals surface area contributed by atoms with Gasteiger partial charge < -0.3 is 14.8 Å². The Kier molecular flexibility index (Phi) is 4.48. The van der Waals surface area contributed by atoms with Crippen molar-refractivity contribution in [3.63, 3.8) is 0 Å². The van der Waals surface area contributed by atoms with Crippen LogP contribution in [0.3, 0.4) is 0 Å². The summed E-state index contributed by atoms with van der Waals surface area (Å²) in [4.78, 5) is 28.1. The van der Waals surface area contributed by atoms with Gasteiger partial charge in [-0.2, -0.15) is 0 Å². The van der Waals surface area contributed by atoms with Crippen LogP contribution in [-0.2, 0) is 9.59 Å². The summed E-state index contributed by atoms with van der Waals surface area (Å²) in [6, 6.07) is 14.2. The van der Waals surface area contributed by atoms with Crippen molar-refractivity contribution in [3.05, 3.63) is 76.4 Å². The zero-order valence-electron chi connectivity index (χ0n) is 15.6. The number of amides is 2.